The first-order valence-electron chi connectivity index (χ1n) is 8.56. The lowest BCUT2D eigenvalue weighted by atomic mass is 10.1. The van der Waals surface area contributed by atoms with Crippen LogP contribution >= 0.6 is 11.8 Å². The van der Waals surface area contributed by atoms with E-state index < -0.39 is 27.8 Å². The lowest BCUT2D eigenvalue weighted by molar-refractivity contribution is -0.117. The van der Waals surface area contributed by atoms with Crippen molar-refractivity contribution in [2.24, 2.45) is 0 Å². The number of benzene rings is 2. The molecule has 2 aromatic carbocycles. The van der Waals surface area contributed by atoms with Crippen LogP contribution in [0.2, 0.25) is 0 Å². The SMILES string of the molecule is CCSc1ccccc1NC(=O)[C@H](CC)N(c1ccccc1F)S(C)(=O)=O. The van der Waals surface area contributed by atoms with Gasteiger partial charge in [-0.15, -0.1) is 11.8 Å². The Kier molecular flexibility index (Phi) is 7.26. The highest BCUT2D eigenvalue weighted by atomic mass is 32.2. The van der Waals surface area contributed by atoms with Crippen molar-refractivity contribution in [3.63, 3.8) is 0 Å². The van der Waals surface area contributed by atoms with E-state index in [1.54, 1.807) is 30.8 Å². The van der Waals surface area contributed by atoms with Crippen LogP contribution in [0.1, 0.15) is 20.3 Å². The molecule has 1 N–H and O–H groups in total. The number of nitrogens with zero attached hydrogens (tertiary/aromatic N) is 1. The van der Waals surface area contributed by atoms with Gasteiger partial charge in [0.2, 0.25) is 15.9 Å². The minimum absolute atomic E-state index is 0.141. The molecule has 0 bridgehead atoms. The quantitative estimate of drug-likeness (QED) is 0.665. The van der Waals surface area contributed by atoms with Crippen LogP contribution in [-0.4, -0.2) is 32.4 Å². The van der Waals surface area contributed by atoms with E-state index in [1.807, 2.05) is 19.1 Å². The Morgan fingerprint density at radius 3 is 2.37 bits per heavy atom. The lowest BCUT2D eigenvalue weighted by Crippen LogP contribution is -2.47. The molecule has 0 aromatic heterocycles. The van der Waals surface area contributed by atoms with Crippen LogP contribution in [0.25, 0.3) is 0 Å². The molecule has 0 unspecified atom stereocenters. The highest BCUT2D eigenvalue weighted by Gasteiger charge is 2.33. The maximum atomic E-state index is 14.3. The van der Waals surface area contributed by atoms with Crippen molar-refractivity contribution in [2.45, 2.75) is 31.2 Å². The molecule has 146 valence electrons. The zero-order chi connectivity index (χ0) is 20.0. The Bertz CT molecular complexity index is 903. The van der Waals surface area contributed by atoms with Crippen molar-refractivity contribution in [1.29, 1.82) is 0 Å². The smallest absolute Gasteiger partial charge is 0.248 e. The van der Waals surface area contributed by atoms with Gasteiger partial charge in [-0.1, -0.05) is 38.1 Å². The molecule has 0 aliphatic rings. The number of carbonyl (C=O) groups excluding carboxylic acids is 1. The number of rotatable bonds is 8. The average molecular weight is 411 g/mol. The van der Waals surface area contributed by atoms with Gasteiger partial charge in [0.15, 0.2) is 0 Å². The number of halogens is 1. The molecule has 0 aliphatic heterocycles. The third-order valence-electron chi connectivity index (χ3n) is 3.86. The van der Waals surface area contributed by atoms with Gasteiger partial charge in [0, 0.05) is 4.90 Å². The molecule has 0 fully saturated rings. The van der Waals surface area contributed by atoms with Crippen molar-refractivity contribution in [2.75, 3.05) is 21.6 Å². The number of sulfonamides is 1. The van der Waals surface area contributed by atoms with Crippen LogP contribution in [0, 0.1) is 5.82 Å². The highest BCUT2D eigenvalue weighted by Crippen LogP contribution is 2.29. The summed E-state index contributed by atoms with van der Waals surface area (Å²) in [4.78, 5) is 13.8. The topological polar surface area (TPSA) is 66.5 Å². The Balaban J connectivity index is 2.40. The fourth-order valence-electron chi connectivity index (χ4n) is 2.73. The third-order valence-corrected chi connectivity index (χ3v) is 5.99. The Morgan fingerprint density at radius 2 is 1.78 bits per heavy atom. The molecule has 0 saturated carbocycles. The van der Waals surface area contributed by atoms with Gasteiger partial charge in [-0.2, -0.15) is 0 Å². The number of carbonyl (C=O) groups is 1. The van der Waals surface area contributed by atoms with Gasteiger partial charge >= 0.3 is 0 Å². The van der Waals surface area contributed by atoms with Crippen molar-refractivity contribution in [3.05, 3.63) is 54.3 Å². The molecule has 0 saturated heterocycles. The zero-order valence-corrected chi connectivity index (χ0v) is 17.1. The Labute approximate surface area is 164 Å². The molecule has 0 heterocycles. The van der Waals surface area contributed by atoms with Crippen LogP contribution in [0.15, 0.2) is 53.4 Å². The summed E-state index contributed by atoms with van der Waals surface area (Å²) < 4.78 is 39.9. The molecule has 2 rings (SSSR count). The van der Waals surface area contributed by atoms with Crippen molar-refractivity contribution >= 4 is 39.1 Å². The summed E-state index contributed by atoms with van der Waals surface area (Å²) in [5, 5.41) is 2.80. The first kappa shape index (κ1) is 21.2. The summed E-state index contributed by atoms with van der Waals surface area (Å²) in [7, 11) is -3.88. The number of thioether (sulfide) groups is 1. The molecule has 2 aromatic rings. The highest BCUT2D eigenvalue weighted by molar-refractivity contribution is 7.99. The van der Waals surface area contributed by atoms with E-state index in [9.17, 15) is 17.6 Å². The number of para-hydroxylation sites is 2. The van der Waals surface area contributed by atoms with Crippen LogP contribution in [0.5, 0.6) is 0 Å². The van der Waals surface area contributed by atoms with Crippen molar-refractivity contribution in [1.82, 2.24) is 0 Å². The number of amides is 1. The van der Waals surface area contributed by atoms with Crippen LogP contribution in [-0.2, 0) is 14.8 Å². The van der Waals surface area contributed by atoms with E-state index in [0.29, 0.717) is 5.69 Å². The van der Waals surface area contributed by atoms with Gasteiger partial charge in [-0.05, 0) is 36.4 Å². The average Bonchev–Trinajstić information content (AvgIpc) is 2.61. The molecular formula is C19H23FN2O3S2. The summed E-state index contributed by atoms with van der Waals surface area (Å²) in [6.45, 7) is 3.69. The molecular weight excluding hydrogens is 387 g/mol. The number of hydrogen-bond donors (Lipinski definition) is 1. The standard InChI is InChI=1S/C19H23FN2O3S2/c1-4-16(19(23)21-15-11-7-9-13-18(15)26-5-2)22(27(3,24)25)17-12-8-6-10-14(17)20/h6-13,16H,4-5H2,1-3H3,(H,21,23)/t16-/m0/s1. The fourth-order valence-corrected chi connectivity index (χ4v) is 4.71. The molecule has 1 atom stereocenters. The van der Waals surface area contributed by atoms with Crippen molar-refractivity contribution in [3.8, 4) is 0 Å². The third kappa shape index (κ3) is 5.23. The summed E-state index contributed by atoms with van der Waals surface area (Å²) in [6, 6.07) is 11.8. The number of nitrogens with one attached hydrogen (secondary N) is 1. The second-order valence-corrected chi connectivity index (χ2v) is 9.02. The molecule has 0 aliphatic carbocycles. The summed E-state index contributed by atoms with van der Waals surface area (Å²) in [6.07, 6.45) is 1.16. The van der Waals surface area contributed by atoms with E-state index in [1.165, 1.54) is 24.3 Å². The molecule has 1 amide bonds. The predicted molar refractivity (Wildman–Crippen MR) is 109 cm³/mol. The lowest BCUT2D eigenvalue weighted by Gasteiger charge is -2.30. The molecule has 0 spiro atoms. The summed E-state index contributed by atoms with van der Waals surface area (Å²) in [5.74, 6) is -0.374. The summed E-state index contributed by atoms with van der Waals surface area (Å²) in [5.41, 5.74) is 0.466. The van der Waals surface area contributed by atoms with Gasteiger partial charge in [0.1, 0.15) is 11.9 Å². The minimum Gasteiger partial charge on any atom is -0.323 e. The fraction of sp³-hybridized carbons (Fsp3) is 0.316. The summed E-state index contributed by atoms with van der Waals surface area (Å²) >= 11 is 1.57. The number of hydrogen-bond acceptors (Lipinski definition) is 4. The largest absolute Gasteiger partial charge is 0.323 e. The van der Waals surface area contributed by atoms with Crippen LogP contribution in [0.3, 0.4) is 0 Å². The van der Waals surface area contributed by atoms with Crippen LogP contribution in [0.4, 0.5) is 15.8 Å². The molecule has 5 nitrogen and oxygen atoms in total. The molecule has 8 heteroatoms. The van der Waals surface area contributed by atoms with Crippen molar-refractivity contribution < 1.29 is 17.6 Å². The molecule has 27 heavy (non-hydrogen) atoms. The van der Waals surface area contributed by atoms with Gasteiger partial charge in [-0.25, -0.2) is 12.8 Å². The second kappa shape index (κ2) is 9.23. The van der Waals surface area contributed by atoms with Gasteiger partial charge < -0.3 is 5.32 Å². The van der Waals surface area contributed by atoms with Gasteiger partial charge in [0.25, 0.3) is 0 Å². The first-order chi connectivity index (χ1) is 12.8. The van der Waals surface area contributed by atoms with E-state index in [0.717, 1.165) is 21.2 Å². The van der Waals surface area contributed by atoms with Crippen LogP contribution < -0.4 is 9.62 Å². The van der Waals surface area contributed by atoms with E-state index in [2.05, 4.69) is 5.32 Å². The first-order valence-corrected chi connectivity index (χ1v) is 11.4. The van der Waals surface area contributed by atoms with E-state index >= 15 is 0 Å². The predicted octanol–water partition coefficient (Wildman–Crippen LogP) is 4.12. The monoisotopic (exact) mass is 410 g/mol. The minimum atomic E-state index is -3.88. The van der Waals surface area contributed by atoms with E-state index in [4.69, 9.17) is 0 Å². The Morgan fingerprint density at radius 1 is 1.15 bits per heavy atom. The normalized spacial score (nSPS) is 12.4. The maximum absolute atomic E-state index is 14.3. The maximum Gasteiger partial charge on any atom is 0.248 e. The second-order valence-electron chi connectivity index (χ2n) is 5.85. The zero-order valence-electron chi connectivity index (χ0n) is 15.5. The number of anilines is 2. The molecule has 0 radical (unpaired) electrons. The van der Waals surface area contributed by atoms with Gasteiger partial charge in [0.05, 0.1) is 17.6 Å². The Hall–Kier alpha value is -2.06. The van der Waals surface area contributed by atoms with Gasteiger partial charge in [-0.3, -0.25) is 9.10 Å². The van der Waals surface area contributed by atoms with E-state index in [-0.39, 0.29) is 12.1 Å².